The van der Waals surface area contributed by atoms with Crippen molar-refractivity contribution >= 4 is 11.5 Å². The maximum Gasteiger partial charge on any atom is 0.323 e. The molecule has 0 radical (unpaired) electrons. The summed E-state index contributed by atoms with van der Waals surface area (Å²) in [6.45, 7) is 3.52. The van der Waals surface area contributed by atoms with Crippen LogP contribution in [0, 0.1) is 5.82 Å². The van der Waals surface area contributed by atoms with Crippen molar-refractivity contribution in [2.75, 3.05) is 13.1 Å². The molecule has 0 amide bonds. The van der Waals surface area contributed by atoms with E-state index in [1.165, 1.54) is 17.7 Å². The lowest BCUT2D eigenvalue weighted by atomic mass is 9.98. The van der Waals surface area contributed by atoms with Crippen LogP contribution in [0.25, 0.3) is 5.57 Å². The second-order valence-corrected chi connectivity index (χ2v) is 5.48. The van der Waals surface area contributed by atoms with Gasteiger partial charge in [0.15, 0.2) is 0 Å². The van der Waals surface area contributed by atoms with Crippen molar-refractivity contribution in [2.45, 2.75) is 31.9 Å². The smallest absolute Gasteiger partial charge is 0.323 e. The molecule has 2 atom stereocenters. The van der Waals surface area contributed by atoms with Crippen LogP contribution in [0.2, 0.25) is 0 Å². The molecule has 1 saturated heterocycles. The van der Waals surface area contributed by atoms with Gasteiger partial charge in [0.25, 0.3) is 0 Å². The second-order valence-electron chi connectivity index (χ2n) is 5.48. The molecule has 106 valence electrons. The number of carbonyl (C=O) groups excluding carboxylic acids is 1. The summed E-state index contributed by atoms with van der Waals surface area (Å²) >= 11 is 0. The number of hydrogen-bond donors (Lipinski definition) is 0. The number of nitrogens with zero attached hydrogens (tertiary/aromatic N) is 1. The van der Waals surface area contributed by atoms with Gasteiger partial charge in [-0.05, 0) is 36.6 Å². The first-order valence-electron chi connectivity index (χ1n) is 7.03. The predicted octanol–water partition coefficient (Wildman–Crippen LogP) is 2.62. The molecule has 4 heteroatoms. The maximum absolute atomic E-state index is 12.9. The number of carbonyl (C=O) groups is 1. The Balaban J connectivity index is 1.69. The zero-order valence-electron chi connectivity index (χ0n) is 11.5. The quantitative estimate of drug-likeness (QED) is 0.777. The molecule has 0 saturated carbocycles. The Labute approximate surface area is 118 Å². The zero-order valence-corrected chi connectivity index (χ0v) is 11.5. The van der Waals surface area contributed by atoms with E-state index in [1.807, 2.05) is 19.1 Å². The van der Waals surface area contributed by atoms with Crippen molar-refractivity contribution in [1.82, 2.24) is 4.90 Å². The van der Waals surface area contributed by atoms with Crippen molar-refractivity contribution in [2.24, 2.45) is 0 Å². The van der Waals surface area contributed by atoms with Crippen LogP contribution in [0.1, 0.15) is 25.3 Å². The van der Waals surface area contributed by atoms with Gasteiger partial charge in [-0.2, -0.15) is 0 Å². The van der Waals surface area contributed by atoms with Crippen molar-refractivity contribution < 1.29 is 13.9 Å². The van der Waals surface area contributed by atoms with Crippen molar-refractivity contribution in [3.63, 3.8) is 0 Å². The van der Waals surface area contributed by atoms with Gasteiger partial charge in [0.2, 0.25) is 0 Å². The van der Waals surface area contributed by atoms with E-state index in [-0.39, 0.29) is 23.9 Å². The molecule has 1 fully saturated rings. The SMILES string of the molecule is C[C@H]1C[C@H](N2CC=C(c3ccc(F)cc3)CC2)C(=O)O1. The minimum Gasteiger partial charge on any atom is -0.461 e. The molecule has 0 aliphatic carbocycles. The highest BCUT2D eigenvalue weighted by Gasteiger charge is 2.36. The summed E-state index contributed by atoms with van der Waals surface area (Å²) in [4.78, 5) is 13.9. The van der Waals surface area contributed by atoms with Crippen LogP contribution in [0.15, 0.2) is 30.3 Å². The van der Waals surface area contributed by atoms with Crippen LogP contribution in [-0.2, 0) is 9.53 Å². The average molecular weight is 275 g/mol. The Kier molecular flexibility index (Phi) is 3.57. The normalized spacial score (nSPS) is 27.3. The lowest BCUT2D eigenvalue weighted by molar-refractivity contribution is -0.144. The van der Waals surface area contributed by atoms with Gasteiger partial charge in [0.1, 0.15) is 18.0 Å². The zero-order chi connectivity index (χ0) is 14.1. The Morgan fingerprint density at radius 2 is 2.05 bits per heavy atom. The van der Waals surface area contributed by atoms with Crippen molar-refractivity contribution in [3.8, 4) is 0 Å². The Hall–Kier alpha value is -1.68. The monoisotopic (exact) mass is 275 g/mol. The summed E-state index contributed by atoms with van der Waals surface area (Å²) in [6, 6.07) is 6.48. The minimum absolute atomic E-state index is 0.0231. The van der Waals surface area contributed by atoms with Gasteiger partial charge >= 0.3 is 5.97 Å². The lowest BCUT2D eigenvalue weighted by Gasteiger charge is -2.29. The van der Waals surface area contributed by atoms with Gasteiger partial charge in [-0.25, -0.2) is 4.39 Å². The third-order valence-electron chi connectivity index (χ3n) is 4.04. The standard InChI is InChI=1S/C16H18FNO2/c1-11-10-15(16(19)20-11)18-8-6-13(7-9-18)12-2-4-14(17)5-3-12/h2-6,11,15H,7-10H2,1H3/t11-,15-/m0/s1. The molecule has 3 nitrogen and oxygen atoms in total. The Bertz CT molecular complexity index is 538. The van der Waals surface area contributed by atoms with E-state index in [0.717, 1.165) is 31.5 Å². The molecule has 0 unspecified atom stereocenters. The van der Waals surface area contributed by atoms with E-state index < -0.39 is 0 Å². The van der Waals surface area contributed by atoms with E-state index in [1.54, 1.807) is 0 Å². The van der Waals surface area contributed by atoms with Crippen LogP contribution >= 0.6 is 0 Å². The van der Waals surface area contributed by atoms with Gasteiger partial charge in [-0.15, -0.1) is 0 Å². The molecule has 0 N–H and O–H groups in total. The highest BCUT2D eigenvalue weighted by atomic mass is 19.1. The number of benzene rings is 1. The highest BCUT2D eigenvalue weighted by Crippen LogP contribution is 2.27. The largest absolute Gasteiger partial charge is 0.461 e. The average Bonchev–Trinajstić information content (AvgIpc) is 2.79. The van der Waals surface area contributed by atoms with Crippen molar-refractivity contribution in [1.29, 1.82) is 0 Å². The van der Waals surface area contributed by atoms with Crippen LogP contribution in [0.5, 0.6) is 0 Å². The van der Waals surface area contributed by atoms with E-state index in [4.69, 9.17) is 4.74 Å². The molecule has 1 aromatic carbocycles. The molecule has 20 heavy (non-hydrogen) atoms. The summed E-state index contributed by atoms with van der Waals surface area (Å²) < 4.78 is 18.1. The summed E-state index contributed by atoms with van der Waals surface area (Å²) in [6.07, 6.45) is 3.81. The van der Waals surface area contributed by atoms with E-state index in [2.05, 4.69) is 11.0 Å². The van der Waals surface area contributed by atoms with E-state index in [0.29, 0.717) is 0 Å². The fraction of sp³-hybridized carbons (Fsp3) is 0.438. The van der Waals surface area contributed by atoms with Gasteiger partial charge in [-0.1, -0.05) is 18.2 Å². The number of ether oxygens (including phenoxy) is 1. The molecule has 2 heterocycles. The summed E-state index contributed by atoms with van der Waals surface area (Å²) in [5.74, 6) is -0.314. The summed E-state index contributed by atoms with van der Waals surface area (Å²) in [7, 11) is 0. The van der Waals surface area contributed by atoms with Crippen LogP contribution in [-0.4, -0.2) is 36.1 Å². The molecular formula is C16H18FNO2. The van der Waals surface area contributed by atoms with Gasteiger partial charge in [-0.3, -0.25) is 9.69 Å². The third kappa shape index (κ3) is 2.61. The minimum atomic E-state index is -0.213. The van der Waals surface area contributed by atoms with E-state index in [9.17, 15) is 9.18 Å². The van der Waals surface area contributed by atoms with Gasteiger partial charge in [0.05, 0.1) is 0 Å². The molecule has 0 bridgehead atoms. The Morgan fingerprint density at radius 3 is 2.60 bits per heavy atom. The molecule has 3 rings (SSSR count). The summed E-state index contributed by atoms with van der Waals surface area (Å²) in [5, 5.41) is 0. The Morgan fingerprint density at radius 1 is 1.30 bits per heavy atom. The van der Waals surface area contributed by atoms with Crippen molar-refractivity contribution in [3.05, 3.63) is 41.7 Å². The number of cyclic esters (lactones) is 1. The number of esters is 1. The molecule has 2 aliphatic heterocycles. The number of hydrogen-bond acceptors (Lipinski definition) is 3. The van der Waals surface area contributed by atoms with Gasteiger partial charge in [0, 0.05) is 19.5 Å². The number of rotatable bonds is 2. The molecule has 0 spiro atoms. The lowest BCUT2D eigenvalue weighted by Crippen LogP contribution is -2.41. The second kappa shape index (κ2) is 5.37. The fourth-order valence-corrected chi connectivity index (χ4v) is 2.93. The van der Waals surface area contributed by atoms with Gasteiger partial charge < -0.3 is 4.74 Å². The topological polar surface area (TPSA) is 29.5 Å². The number of halogens is 1. The van der Waals surface area contributed by atoms with Crippen LogP contribution < -0.4 is 0 Å². The van der Waals surface area contributed by atoms with Crippen LogP contribution in [0.3, 0.4) is 0 Å². The third-order valence-corrected chi connectivity index (χ3v) is 4.04. The molecule has 1 aromatic rings. The first-order chi connectivity index (χ1) is 9.63. The van der Waals surface area contributed by atoms with E-state index >= 15 is 0 Å². The highest BCUT2D eigenvalue weighted by molar-refractivity contribution is 5.78. The first kappa shape index (κ1) is 13.3. The fourth-order valence-electron chi connectivity index (χ4n) is 2.93. The maximum atomic E-state index is 12.9. The first-order valence-corrected chi connectivity index (χ1v) is 7.03. The molecule has 2 aliphatic rings. The molecular weight excluding hydrogens is 257 g/mol. The summed E-state index contributed by atoms with van der Waals surface area (Å²) in [5.41, 5.74) is 2.29. The predicted molar refractivity (Wildman–Crippen MR) is 74.5 cm³/mol. The van der Waals surface area contributed by atoms with Crippen LogP contribution in [0.4, 0.5) is 4.39 Å². The molecule has 0 aromatic heterocycles.